The summed E-state index contributed by atoms with van der Waals surface area (Å²) in [7, 11) is 1.66. The maximum atomic E-state index is 6.05. The Labute approximate surface area is 111 Å². The molecule has 1 aliphatic carbocycles. The minimum atomic E-state index is -0.0295. The quantitative estimate of drug-likeness (QED) is 0.798. The Morgan fingerprint density at radius 2 is 2.17 bits per heavy atom. The minimum absolute atomic E-state index is 0.0282. The maximum Gasteiger partial charge on any atom is 0.138 e. The third-order valence-corrected chi connectivity index (χ3v) is 3.73. The van der Waals surface area contributed by atoms with Crippen molar-refractivity contribution in [1.29, 1.82) is 0 Å². The van der Waals surface area contributed by atoms with E-state index in [0.29, 0.717) is 0 Å². The van der Waals surface area contributed by atoms with Gasteiger partial charge < -0.3 is 9.47 Å². The van der Waals surface area contributed by atoms with Gasteiger partial charge >= 0.3 is 0 Å². The average Bonchev–Trinajstić information content (AvgIpc) is 2.38. The van der Waals surface area contributed by atoms with Gasteiger partial charge in [-0.25, -0.2) is 0 Å². The summed E-state index contributed by atoms with van der Waals surface area (Å²) >= 11 is 6.05. The summed E-state index contributed by atoms with van der Waals surface area (Å²) in [5.41, 5.74) is 0.969. The first-order chi connectivity index (χ1) is 8.78. The van der Waals surface area contributed by atoms with Gasteiger partial charge in [-0.2, -0.15) is 0 Å². The van der Waals surface area contributed by atoms with E-state index in [2.05, 4.69) is 4.98 Å². The van der Waals surface area contributed by atoms with E-state index in [9.17, 15) is 0 Å². The lowest BCUT2D eigenvalue weighted by Gasteiger charge is -2.39. The van der Waals surface area contributed by atoms with Gasteiger partial charge in [-0.05, 0) is 12.1 Å². The Kier molecular flexibility index (Phi) is 3.10. The lowest BCUT2D eigenvalue weighted by Crippen LogP contribution is -2.52. The van der Waals surface area contributed by atoms with Crippen molar-refractivity contribution in [2.24, 2.45) is 0 Å². The lowest BCUT2D eigenvalue weighted by molar-refractivity contribution is -0.0584. The number of pyridine rings is 1. The van der Waals surface area contributed by atoms with Crippen LogP contribution in [-0.2, 0) is 4.74 Å². The third-order valence-electron chi connectivity index (χ3n) is 3.31. The molecule has 3 unspecified atom stereocenters. The number of nitrogens with zero attached hydrogens (tertiary/aromatic N) is 1. The number of aromatic nitrogens is 1. The Hall–Kier alpha value is -1.32. The van der Waals surface area contributed by atoms with E-state index in [4.69, 9.17) is 21.1 Å². The van der Waals surface area contributed by atoms with Crippen molar-refractivity contribution in [3.8, 4) is 5.75 Å². The summed E-state index contributed by atoms with van der Waals surface area (Å²) in [5, 5.41) is 1.12. The molecule has 1 aliphatic rings. The fourth-order valence-electron chi connectivity index (χ4n) is 2.23. The zero-order valence-corrected chi connectivity index (χ0v) is 10.8. The van der Waals surface area contributed by atoms with Crippen LogP contribution in [0.4, 0.5) is 0 Å². The molecule has 2 aromatic rings. The number of fused-ring (bicyclic) bond motifs is 1. The fourth-order valence-corrected chi connectivity index (χ4v) is 2.67. The number of para-hydroxylation sites is 1. The van der Waals surface area contributed by atoms with E-state index in [1.54, 1.807) is 13.3 Å². The van der Waals surface area contributed by atoms with Crippen molar-refractivity contribution in [2.45, 2.75) is 24.0 Å². The van der Waals surface area contributed by atoms with Gasteiger partial charge in [0.15, 0.2) is 0 Å². The van der Waals surface area contributed by atoms with Crippen molar-refractivity contribution in [3.63, 3.8) is 0 Å². The van der Waals surface area contributed by atoms with Crippen molar-refractivity contribution < 1.29 is 9.47 Å². The molecule has 1 saturated carbocycles. The number of rotatable bonds is 3. The SMILES string of the molecule is COC1C(Cl)CC1Oc1cnc2ccccc2c1. The molecule has 1 aromatic carbocycles. The first-order valence-corrected chi connectivity index (χ1v) is 6.40. The number of alkyl halides is 1. The molecule has 0 radical (unpaired) electrons. The van der Waals surface area contributed by atoms with Crippen LogP contribution in [0.3, 0.4) is 0 Å². The van der Waals surface area contributed by atoms with Gasteiger partial charge in [0.1, 0.15) is 18.0 Å². The summed E-state index contributed by atoms with van der Waals surface area (Å²) in [5.74, 6) is 0.768. The highest BCUT2D eigenvalue weighted by atomic mass is 35.5. The molecule has 18 heavy (non-hydrogen) atoms. The molecular weight excluding hydrogens is 250 g/mol. The van der Waals surface area contributed by atoms with Crippen LogP contribution in [0.15, 0.2) is 36.5 Å². The molecule has 1 heterocycles. The number of ether oxygens (including phenoxy) is 2. The van der Waals surface area contributed by atoms with Crippen LogP contribution in [0, 0.1) is 0 Å². The van der Waals surface area contributed by atoms with Gasteiger partial charge in [-0.1, -0.05) is 18.2 Å². The van der Waals surface area contributed by atoms with Gasteiger partial charge in [0.25, 0.3) is 0 Å². The van der Waals surface area contributed by atoms with E-state index >= 15 is 0 Å². The van der Waals surface area contributed by atoms with Crippen molar-refractivity contribution in [1.82, 2.24) is 4.98 Å². The second-order valence-electron chi connectivity index (χ2n) is 4.47. The van der Waals surface area contributed by atoms with Crippen molar-refractivity contribution >= 4 is 22.5 Å². The molecule has 0 saturated heterocycles. The zero-order valence-electron chi connectivity index (χ0n) is 10.0. The number of benzene rings is 1. The molecule has 0 aliphatic heterocycles. The maximum absolute atomic E-state index is 6.05. The fraction of sp³-hybridized carbons (Fsp3) is 0.357. The highest BCUT2D eigenvalue weighted by Gasteiger charge is 2.42. The summed E-state index contributed by atoms with van der Waals surface area (Å²) in [6.07, 6.45) is 2.56. The Morgan fingerprint density at radius 3 is 2.94 bits per heavy atom. The molecule has 1 fully saturated rings. The molecule has 0 bridgehead atoms. The van der Waals surface area contributed by atoms with E-state index in [0.717, 1.165) is 23.1 Å². The van der Waals surface area contributed by atoms with Gasteiger partial charge in [-0.15, -0.1) is 11.6 Å². The van der Waals surface area contributed by atoms with Crippen LogP contribution >= 0.6 is 11.6 Å². The Balaban J connectivity index is 1.79. The summed E-state index contributed by atoms with van der Waals surface area (Å²) in [6.45, 7) is 0. The summed E-state index contributed by atoms with van der Waals surface area (Å²) < 4.78 is 11.2. The number of methoxy groups -OCH3 is 1. The van der Waals surface area contributed by atoms with Gasteiger partial charge in [0, 0.05) is 18.9 Å². The van der Waals surface area contributed by atoms with Crippen LogP contribution < -0.4 is 4.74 Å². The second-order valence-corrected chi connectivity index (χ2v) is 5.03. The highest BCUT2D eigenvalue weighted by molar-refractivity contribution is 6.21. The summed E-state index contributed by atoms with van der Waals surface area (Å²) in [4.78, 5) is 4.36. The standard InChI is InChI=1S/C14H14ClNO2/c1-17-14-11(15)7-13(14)18-10-6-9-4-2-3-5-12(9)16-8-10/h2-6,8,11,13-14H,7H2,1H3. The largest absolute Gasteiger partial charge is 0.486 e. The highest BCUT2D eigenvalue weighted by Crippen LogP contribution is 2.32. The molecule has 1 aromatic heterocycles. The lowest BCUT2D eigenvalue weighted by atomic mass is 9.91. The average molecular weight is 264 g/mol. The van der Waals surface area contributed by atoms with E-state index in [1.165, 1.54) is 0 Å². The van der Waals surface area contributed by atoms with Gasteiger partial charge in [0.2, 0.25) is 0 Å². The zero-order chi connectivity index (χ0) is 12.5. The molecule has 94 valence electrons. The van der Waals surface area contributed by atoms with E-state index in [1.807, 2.05) is 30.3 Å². The molecule has 0 N–H and O–H groups in total. The molecule has 3 rings (SSSR count). The second kappa shape index (κ2) is 4.75. The number of hydrogen-bond donors (Lipinski definition) is 0. The minimum Gasteiger partial charge on any atom is -0.486 e. The molecule has 3 nitrogen and oxygen atoms in total. The number of halogens is 1. The molecular formula is C14H14ClNO2. The van der Waals surface area contributed by atoms with E-state index < -0.39 is 0 Å². The molecule has 0 amide bonds. The normalized spacial score (nSPS) is 26.9. The Bertz CT molecular complexity index is 560. The van der Waals surface area contributed by atoms with Gasteiger partial charge in [0.05, 0.1) is 17.1 Å². The predicted octanol–water partition coefficient (Wildman–Crippen LogP) is 3.01. The molecule has 3 atom stereocenters. The monoisotopic (exact) mass is 263 g/mol. The van der Waals surface area contributed by atoms with Crippen LogP contribution in [-0.4, -0.2) is 29.7 Å². The van der Waals surface area contributed by atoms with Crippen LogP contribution in [0.25, 0.3) is 10.9 Å². The van der Waals surface area contributed by atoms with Crippen molar-refractivity contribution in [3.05, 3.63) is 36.5 Å². The van der Waals surface area contributed by atoms with E-state index in [-0.39, 0.29) is 17.6 Å². The predicted molar refractivity (Wildman–Crippen MR) is 71.2 cm³/mol. The number of hydrogen-bond acceptors (Lipinski definition) is 3. The summed E-state index contributed by atoms with van der Waals surface area (Å²) in [6, 6.07) is 9.96. The van der Waals surface area contributed by atoms with Crippen LogP contribution in [0.2, 0.25) is 0 Å². The molecule has 0 spiro atoms. The third kappa shape index (κ3) is 2.04. The smallest absolute Gasteiger partial charge is 0.138 e. The first kappa shape index (κ1) is 11.8. The van der Waals surface area contributed by atoms with Crippen LogP contribution in [0.1, 0.15) is 6.42 Å². The topological polar surface area (TPSA) is 31.4 Å². The molecule has 4 heteroatoms. The van der Waals surface area contributed by atoms with Crippen molar-refractivity contribution in [2.75, 3.05) is 7.11 Å². The first-order valence-electron chi connectivity index (χ1n) is 5.96. The van der Waals surface area contributed by atoms with Crippen LogP contribution in [0.5, 0.6) is 5.75 Å². The van der Waals surface area contributed by atoms with Gasteiger partial charge in [-0.3, -0.25) is 4.98 Å². The Morgan fingerprint density at radius 1 is 1.33 bits per heavy atom.